The van der Waals surface area contributed by atoms with Crippen molar-refractivity contribution < 1.29 is 4.39 Å². The minimum absolute atomic E-state index is 0.170. The molecule has 1 fully saturated rings. The molecule has 0 saturated carbocycles. The number of nitrogens with zero attached hydrogens (tertiary/aromatic N) is 4. The summed E-state index contributed by atoms with van der Waals surface area (Å²) < 4.78 is 13.1. The van der Waals surface area contributed by atoms with Gasteiger partial charge in [-0.3, -0.25) is 14.7 Å². The lowest BCUT2D eigenvalue weighted by Gasteiger charge is -2.31. The van der Waals surface area contributed by atoms with Crippen LogP contribution in [-0.4, -0.2) is 37.9 Å². The van der Waals surface area contributed by atoms with Gasteiger partial charge in [0.2, 0.25) is 0 Å². The summed E-state index contributed by atoms with van der Waals surface area (Å²) in [6.07, 6.45) is 5.14. The maximum atomic E-state index is 13.1. The molecular formula is C21H22FN5O. The Morgan fingerprint density at radius 2 is 1.89 bits per heavy atom. The van der Waals surface area contributed by atoms with Gasteiger partial charge in [-0.25, -0.2) is 14.4 Å². The fourth-order valence-corrected chi connectivity index (χ4v) is 3.56. The van der Waals surface area contributed by atoms with Gasteiger partial charge in [0.25, 0.3) is 5.56 Å². The van der Waals surface area contributed by atoms with Gasteiger partial charge in [0.15, 0.2) is 5.82 Å². The summed E-state index contributed by atoms with van der Waals surface area (Å²) in [6.45, 7) is 4.50. The molecule has 7 heteroatoms. The molecule has 1 aliphatic heterocycles. The Morgan fingerprint density at radius 1 is 1.14 bits per heavy atom. The number of rotatable bonds is 4. The molecule has 1 N–H and O–H groups in total. The minimum Gasteiger partial charge on any atom is -0.305 e. The second kappa shape index (κ2) is 7.98. The van der Waals surface area contributed by atoms with Crippen molar-refractivity contribution in [1.29, 1.82) is 0 Å². The van der Waals surface area contributed by atoms with Crippen LogP contribution in [0.1, 0.15) is 35.7 Å². The van der Waals surface area contributed by atoms with Crippen LogP contribution in [0.3, 0.4) is 0 Å². The van der Waals surface area contributed by atoms with Gasteiger partial charge in [0, 0.05) is 24.7 Å². The Balaban J connectivity index is 1.45. The summed E-state index contributed by atoms with van der Waals surface area (Å²) >= 11 is 0. The van der Waals surface area contributed by atoms with Crippen molar-refractivity contribution in [1.82, 2.24) is 24.8 Å². The number of hydrogen-bond acceptors (Lipinski definition) is 5. The summed E-state index contributed by atoms with van der Waals surface area (Å²) in [4.78, 5) is 30.4. The summed E-state index contributed by atoms with van der Waals surface area (Å²) in [5.74, 6) is 0.490. The fraction of sp³-hybridized carbons (Fsp3) is 0.333. The highest BCUT2D eigenvalue weighted by atomic mass is 19.1. The van der Waals surface area contributed by atoms with Gasteiger partial charge in [-0.05, 0) is 50.6 Å². The van der Waals surface area contributed by atoms with E-state index >= 15 is 0 Å². The predicted molar refractivity (Wildman–Crippen MR) is 104 cm³/mol. The van der Waals surface area contributed by atoms with E-state index in [1.54, 1.807) is 18.5 Å². The smallest absolute Gasteiger partial charge is 0.251 e. The number of nitrogens with one attached hydrogen (secondary N) is 1. The zero-order valence-corrected chi connectivity index (χ0v) is 15.7. The highest BCUT2D eigenvalue weighted by Crippen LogP contribution is 2.27. The molecule has 0 amide bonds. The average Bonchev–Trinajstić information content (AvgIpc) is 2.70. The number of piperidine rings is 1. The monoisotopic (exact) mass is 379 g/mol. The standard InChI is InChI=1S/C21H22FN5O/c1-14-11-24-19(12-23-14)21-25-18(10-20(28)26-21)16-6-8-27(9-7-16)13-15-2-4-17(22)5-3-15/h2-5,10-12,16H,6-9,13H2,1H3,(H,25,26,28). The van der Waals surface area contributed by atoms with E-state index in [1.165, 1.54) is 12.1 Å². The van der Waals surface area contributed by atoms with Crippen LogP contribution in [0, 0.1) is 12.7 Å². The topological polar surface area (TPSA) is 74.8 Å². The molecule has 28 heavy (non-hydrogen) atoms. The maximum absolute atomic E-state index is 13.1. The molecule has 144 valence electrons. The third-order valence-corrected chi connectivity index (χ3v) is 5.11. The lowest BCUT2D eigenvalue weighted by Crippen LogP contribution is -2.33. The molecule has 0 bridgehead atoms. The number of halogens is 1. The molecule has 4 rings (SSSR count). The summed E-state index contributed by atoms with van der Waals surface area (Å²) in [5, 5.41) is 0. The van der Waals surface area contributed by atoms with Crippen molar-refractivity contribution >= 4 is 0 Å². The first-order chi connectivity index (χ1) is 13.6. The first-order valence-electron chi connectivity index (χ1n) is 9.44. The van der Waals surface area contributed by atoms with Gasteiger partial charge >= 0.3 is 0 Å². The van der Waals surface area contributed by atoms with Crippen LogP contribution in [0.2, 0.25) is 0 Å². The normalized spacial score (nSPS) is 15.6. The lowest BCUT2D eigenvalue weighted by atomic mass is 9.93. The van der Waals surface area contributed by atoms with Crippen molar-refractivity contribution in [3.63, 3.8) is 0 Å². The molecule has 6 nitrogen and oxygen atoms in total. The first-order valence-corrected chi connectivity index (χ1v) is 9.44. The molecule has 1 aliphatic rings. The van der Waals surface area contributed by atoms with Crippen LogP contribution in [0.5, 0.6) is 0 Å². The fourth-order valence-electron chi connectivity index (χ4n) is 3.56. The number of H-pyrrole nitrogens is 1. The summed E-state index contributed by atoms with van der Waals surface area (Å²) in [7, 11) is 0. The third-order valence-electron chi connectivity index (χ3n) is 5.11. The van der Waals surface area contributed by atoms with Crippen LogP contribution < -0.4 is 5.56 Å². The second-order valence-electron chi connectivity index (χ2n) is 7.24. The van der Waals surface area contributed by atoms with E-state index in [2.05, 4.69) is 24.8 Å². The molecule has 1 aromatic carbocycles. The van der Waals surface area contributed by atoms with E-state index in [0.717, 1.165) is 49.4 Å². The van der Waals surface area contributed by atoms with E-state index in [9.17, 15) is 9.18 Å². The first kappa shape index (κ1) is 18.4. The molecule has 1 saturated heterocycles. The Kier molecular flexibility index (Phi) is 5.25. The van der Waals surface area contributed by atoms with Gasteiger partial charge in [0.05, 0.1) is 17.6 Å². The van der Waals surface area contributed by atoms with E-state index in [0.29, 0.717) is 11.5 Å². The quantitative estimate of drug-likeness (QED) is 0.754. The zero-order valence-electron chi connectivity index (χ0n) is 15.7. The van der Waals surface area contributed by atoms with E-state index in [-0.39, 0.29) is 17.3 Å². The molecule has 3 heterocycles. The van der Waals surface area contributed by atoms with Crippen molar-refractivity contribution in [2.75, 3.05) is 13.1 Å². The minimum atomic E-state index is -0.211. The van der Waals surface area contributed by atoms with Crippen LogP contribution >= 0.6 is 0 Å². The second-order valence-corrected chi connectivity index (χ2v) is 7.24. The molecular weight excluding hydrogens is 357 g/mol. The van der Waals surface area contributed by atoms with Gasteiger partial charge < -0.3 is 4.98 Å². The molecule has 2 aromatic heterocycles. The number of benzene rings is 1. The van der Waals surface area contributed by atoms with E-state index < -0.39 is 0 Å². The van der Waals surface area contributed by atoms with Crippen LogP contribution in [0.25, 0.3) is 11.5 Å². The van der Waals surface area contributed by atoms with Gasteiger partial charge in [-0.1, -0.05) is 12.1 Å². The highest BCUT2D eigenvalue weighted by Gasteiger charge is 2.23. The summed E-state index contributed by atoms with van der Waals surface area (Å²) in [6, 6.07) is 8.24. The molecule has 3 aromatic rings. The molecule has 0 radical (unpaired) electrons. The van der Waals surface area contributed by atoms with Crippen molar-refractivity contribution in [2.45, 2.75) is 32.2 Å². The number of aromatic amines is 1. The van der Waals surface area contributed by atoms with Crippen LogP contribution in [0.4, 0.5) is 4.39 Å². The number of hydrogen-bond donors (Lipinski definition) is 1. The largest absolute Gasteiger partial charge is 0.305 e. The predicted octanol–water partition coefficient (Wildman–Crippen LogP) is 3.05. The van der Waals surface area contributed by atoms with Crippen molar-refractivity contribution in [3.05, 3.63) is 75.8 Å². The lowest BCUT2D eigenvalue weighted by molar-refractivity contribution is 0.203. The Bertz CT molecular complexity index is 993. The molecule has 0 spiro atoms. The van der Waals surface area contributed by atoms with Gasteiger partial charge in [-0.2, -0.15) is 0 Å². The number of likely N-dealkylation sites (tertiary alicyclic amines) is 1. The molecule has 0 unspecified atom stereocenters. The highest BCUT2D eigenvalue weighted by molar-refractivity contribution is 5.47. The summed E-state index contributed by atoms with van der Waals surface area (Å²) in [5.41, 5.74) is 3.13. The van der Waals surface area contributed by atoms with Crippen LogP contribution in [-0.2, 0) is 6.54 Å². The van der Waals surface area contributed by atoms with E-state index in [4.69, 9.17) is 0 Å². The zero-order chi connectivity index (χ0) is 19.5. The van der Waals surface area contributed by atoms with Crippen LogP contribution in [0.15, 0.2) is 47.5 Å². The van der Waals surface area contributed by atoms with Crippen molar-refractivity contribution in [3.8, 4) is 11.5 Å². The average molecular weight is 379 g/mol. The molecule has 0 aliphatic carbocycles. The van der Waals surface area contributed by atoms with Gasteiger partial charge in [0.1, 0.15) is 11.5 Å². The Hall–Kier alpha value is -2.93. The SMILES string of the molecule is Cc1cnc(-c2nc(C3CCN(Cc4ccc(F)cc4)CC3)cc(=O)[nH]2)cn1. The maximum Gasteiger partial charge on any atom is 0.251 e. The molecule has 0 atom stereocenters. The Morgan fingerprint density at radius 3 is 2.57 bits per heavy atom. The number of aromatic nitrogens is 4. The third kappa shape index (κ3) is 4.31. The Labute approximate surface area is 162 Å². The van der Waals surface area contributed by atoms with Crippen molar-refractivity contribution in [2.24, 2.45) is 0 Å². The van der Waals surface area contributed by atoms with Gasteiger partial charge in [-0.15, -0.1) is 0 Å². The number of aryl methyl sites for hydroxylation is 1. The van der Waals surface area contributed by atoms with E-state index in [1.807, 2.05) is 19.1 Å².